The monoisotopic (exact) mass is 510 g/mol. The van der Waals surface area contributed by atoms with Gasteiger partial charge in [0, 0.05) is 35.6 Å². The van der Waals surface area contributed by atoms with Crippen molar-refractivity contribution in [3.8, 4) is 5.75 Å². The Hall–Kier alpha value is -2.26. The highest BCUT2D eigenvalue weighted by molar-refractivity contribution is 7.89. The first kappa shape index (κ1) is 23.9. The molecule has 1 unspecified atom stereocenters. The van der Waals surface area contributed by atoms with Crippen LogP contribution in [0.2, 0.25) is 10.0 Å². The van der Waals surface area contributed by atoms with Crippen molar-refractivity contribution in [2.45, 2.75) is 43.7 Å². The summed E-state index contributed by atoms with van der Waals surface area (Å²) in [5, 5.41) is 10.8. The Labute approximate surface area is 202 Å². The smallest absolute Gasteiger partial charge is 0.323 e. The van der Waals surface area contributed by atoms with Gasteiger partial charge in [-0.05, 0) is 62.2 Å². The highest BCUT2D eigenvalue weighted by atomic mass is 35.5. The van der Waals surface area contributed by atoms with Gasteiger partial charge >= 0.3 is 5.97 Å². The number of carboxylic acids is 1. The van der Waals surface area contributed by atoms with Crippen LogP contribution in [-0.4, -0.2) is 47.6 Å². The molecule has 0 amide bonds. The first-order chi connectivity index (χ1) is 15.6. The van der Waals surface area contributed by atoms with Crippen molar-refractivity contribution in [2.24, 2.45) is 0 Å². The van der Waals surface area contributed by atoms with E-state index in [-0.39, 0.29) is 30.0 Å². The predicted octanol–water partition coefficient (Wildman–Crippen LogP) is 5.00. The van der Waals surface area contributed by atoms with E-state index in [0.717, 1.165) is 10.9 Å². The third kappa shape index (κ3) is 4.84. The van der Waals surface area contributed by atoms with E-state index < -0.39 is 16.0 Å². The Morgan fingerprint density at radius 2 is 1.91 bits per heavy atom. The van der Waals surface area contributed by atoms with Crippen molar-refractivity contribution in [1.82, 2.24) is 8.87 Å². The Bertz CT molecular complexity index is 1300. The molecule has 4 rings (SSSR count). The van der Waals surface area contributed by atoms with Crippen LogP contribution in [0.5, 0.6) is 5.75 Å². The number of nitrogens with zero attached hydrogens (tertiary/aromatic N) is 2. The molecule has 1 fully saturated rings. The van der Waals surface area contributed by atoms with Gasteiger partial charge in [-0.25, -0.2) is 8.42 Å². The first-order valence-corrected chi connectivity index (χ1v) is 12.7. The van der Waals surface area contributed by atoms with Gasteiger partial charge in [-0.1, -0.05) is 23.2 Å². The predicted molar refractivity (Wildman–Crippen MR) is 128 cm³/mol. The molecule has 1 aromatic heterocycles. The molecule has 0 saturated carbocycles. The standard InChI is InChI=1S/C23H24Cl2N2O5S/c1-14(2)32-17-3-5-18(6-4-17)33(30,31)27-8-7-15(11-27)20-12-26(13-22(28)29)23-19(20)9-16(24)10-21(23)25/h3-6,9-10,12,14-15H,7-8,11,13H2,1-2H3,(H,28,29). The zero-order valence-corrected chi connectivity index (χ0v) is 20.5. The van der Waals surface area contributed by atoms with E-state index in [2.05, 4.69) is 0 Å². The van der Waals surface area contributed by atoms with E-state index in [9.17, 15) is 18.3 Å². The second-order valence-electron chi connectivity index (χ2n) is 8.38. The van der Waals surface area contributed by atoms with Gasteiger partial charge in [-0.15, -0.1) is 0 Å². The number of halogens is 2. The summed E-state index contributed by atoms with van der Waals surface area (Å²) < 4.78 is 35.1. The largest absolute Gasteiger partial charge is 0.491 e. The maximum atomic E-state index is 13.2. The number of sulfonamides is 1. The van der Waals surface area contributed by atoms with Crippen molar-refractivity contribution in [3.63, 3.8) is 0 Å². The second kappa shape index (κ2) is 9.18. The highest BCUT2D eigenvalue weighted by Gasteiger charge is 2.35. The number of hydrogen-bond donors (Lipinski definition) is 1. The minimum Gasteiger partial charge on any atom is -0.491 e. The van der Waals surface area contributed by atoms with Gasteiger partial charge < -0.3 is 14.4 Å². The summed E-state index contributed by atoms with van der Waals surface area (Å²) >= 11 is 12.6. The molecule has 3 aromatic rings. The molecule has 2 heterocycles. The molecule has 1 aliphatic rings. The molecule has 1 saturated heterocycles. The van der Waals surface area contributed by atoms with E-state index in [1.807, 2.05) is 13.8 Å². The lowest BCUT2D eigenvalue weighted by atomic mass is 9.98. The maximum absolute atomic E-state index is 13.2. The Morgan fingerprint density at radius 1 is 1.21 bits per heavy atom. The van der Waals surface area contributed by atoms with E-state index in [4.69, 9.17) is 27.9 Å². The third-order valence-corrected chi connectivity index (χ3v) is 8.04. The van der Waals surface area contributed by atoms with Gasteiger partial charge in [0.15, 0.2) is 0 Å². The summed E-state index contributed by atoms with van der Waals surface area (Å²) in [7, 11) is -3.68. The number of ether oxygens (including phenoxy) is 1. The quantitative estimate of drug-likeness (QED) is 0.483. The molecule has 33 heavy (non-hydrogen) atoms. The zero-order valence-electron chi connectivity index (χ0n) is 18.2. The number of fused-ring (bicyclic) bond motifs is 1. The number of aromatic nitrogens is 1. The van der Waals surface area contributed by atoms with E-state index in [0.29, 0.717) is 34.3 Å². The van der Waals surface area contributed by atoms with Crippen molar-refractivity contribution in [2.75, 3.05) is 13.1 Å². The van der Waals surface area contributed by atoms with Crippen LogP contribution < -0.4 is 4.74 Å². The van der Waals surface area contributed by atoms with E-state index in [1.54, 1.807) is 47.2 Å². The summed E-state index contributed by atoms with van der Waals surface area (Å²) in [6.07, 6.45) is 2.35. The molecule has 1 aliphatic heterocycles. The molecule has 0 aliphatic carbocycles. The minimum atomic E-state index is -3.68. The number of carboxylic acid groups (broad SMARTS) is 1. The lowest BCUT2D eigenvalue weighted by Crippen LogP contribution is -2.28. The molecule has 1 atom stereocenters. The molecule has 176 valence electrons. The summed E-state index contributed by atoms with van der Waals surface area (Å²) in [6, 6.07) is 9.75. The lowest BCUT2D eigenvalue weighted by Gasteiger charge is -2.17. The summed E-state index contributed by atoms with van der Waals surface area (Å²) in [5.41, 5.74) is 1.43. The molecule has 0 bridgehead atoms. The molecule has 0 radical (unpaired) electrons. The number of hydrogen-bond acceptors (Lipinski definition) is 4. The fourth-order valence-electron chi connectivity index (χ4n) is 4.29. The molecule has 1 N–H and O–H groups in total. The Balaban J connectivity index is 1.63. The van der Waals surface area contributed by atoms with Gasteiger partial charge in [0.25, 0.3) is 0 Å². The average molecular weight is 511 g/mol. The fraction of sp³-hybridized carbons (Fsp3) is 0.348. The molecule has 0 spiro atoms. The zero-order chi connectivity index (χ0) is 23.9. The highest BCUT2D eigenvalue weighted by Crippen LogP contribution is 2.39. The topological polar surface area (TPSA) is 88.8 Å². The molecular formula is C23H24Cl2N2O5S. The van der Waals surface area contributed by atoms with Crippen LogP contribution in [-0.2, 0) is 21.4 Å². The van der Waals surface area contributed by atoms with Crippen LogP contribution in [0.4, 0.5) is 0 Å². The van der Waals surface area contributed by atoms with Gasteiger partial charge in [0.05, 0.1) is 21.5 Å². The first-order valence-electron chi connectivity index (χ1n) is 10.5. The lowest BCUT2D eigenvalue weighted by molar-refractivity contribution is -0.137. The van der Waals surface area contributed by atoms with Crippen LogP contribution in [0.25, 0.3) is 10.9 Å². The number of carbonyl (C=O) groups is 1. The van der Waals surface area contributed by atoms with Gasteiger partial charge in [-0.3, -0.25) is 4.79 Å². The Morgan fingerprint density at radius 3 is 2.55 bits per heavy atom. The molecule has 10 heteroatoms. The van der Waals surface area contributed by atoms with E-state index in [1.165, 1.54) is 4.31 Å². The third-order valence-electron chi connectivity index (χ3n) is 5.65. The molecule has 7 nitrogen and oxygen atoms in total. The van der Waals surface area contributed by atoms with Crippen LogP contribution in [0.1, 0.15) is 31.7 Å². The summed E-state index contributed by atoms with van der Waals surface area (Å²) in [5.74, 6) is -0.497. The summed E-state index contributed by atoms with van der Waals surface area (Å²) in [4.78, 5) is 11.6. The van der Waals surface area contributed by atoms with Gasteiger partial charge in [0.1, 0.15) is 12.3 Å². The fourth-order valence-corrected chi connectivity index (χ4v) is 6.39. The van der Waals surface area contributed by atoms with Crippen molar-refractivity contribution in [1.29, 1.82) is 0 Å². The molecule has 2 aromatic carbocycles. The Kier molecular flexibility index (Phi) is 6.64. The normalized spacial score (nSPS) is 17.2. The minimum absolute atomic E-state index is 0.00272. The van der Waals surface area contributed by atoms with Crippen molar-refractivity contribution < 1.29 is 23.1 Å². The number of aliphatic carboxylic acids is 1. The van der Waals surface area contributed by atoms with E-state index >= 15 is 0 Å². The van der Waals surface area contributed by atoms with Crippen molar-refractivity contribution >= 4 is 50.1 Å². The van der Waals surface area contributed by atoms with Crippen LogP contribution >= 0.6 is 23.2 Å². The molecular weight excluding hydrogens is 487 g/mol. The van der Waals surface area contributed by atoms with Crippen LogP contribution in [0, 0.1) is 0 Å². The van der Waals surface area contributed by atoms with Crippen LogP contribution in [0.3, 0.4) is 0 Å². The van der Waals surface area contributed by atoms with Crippen molar-refractivity contribution in [3.05, 3.63) is 58.2 Å². The number of benzene rings is 2. The average Bonchev–Trinajstić information content (AvgIpc) is 3.33. The summed E-state index contributed by atoms with van der Waals surface area (Å²) in [6.45, 7) is 4.20. The van der Waals surface area contributed by atoms with Crippen LogP contribution in [0.15, 0.2) is 47.5 Å². The van der Waals surface area contributed by atoms with Gasteiger partial charge in [-0.2, -0.15) is 4.31 Å². The SMILES string of the molecule is CC(C)Oc1ccc(S(=O)(=O)N2CCC(c3cn(CC(=O)O)c4c(Cl)cc(Cl)cc34)C2)cc1. The maximum Gasteiger partial charge on any atom is 0.323 e. The number of rotatable bonds is 7. The van der Waals surface area contributed by atoms with Gasteiger partial charge in [0.2, 0.25) is 10.0 Å². The second-order valence-corrected chi connectivity index (χ2v) is 11.2.